The third-order valence-electron chi connectivity index (χ3n) is 5.17. The lowest BCUT2D eigenvalue weighted by Crippen LogP contribution is -2.34. The Morgan fingerprint density at radius 1 is 0.939 bits per heavy atom. The zero-order valence-corrected chi connectivity index (χ0v) is 18.5. The van der Waals surface area contributed by atoms with E-state index in [0.29, 0.717) is 17.1 Å². The number of amides is 2. The largest absolute Gasteiger partial charge is 0.497 e. The molecule has 1 saturated heterocycles. The molecular weight excluding hydrogens is 442 g/mol. The van der Waals surface area contributed by atoms with Gasteiger partial charge in [0.1, 0.15) is 11.8 Å². The molecule has 0 aromatic heterocycles. The van der Waals surface area contributed by atoms with Crippen LogP contribution >= 0.6 is 0 Å². The van der Waals surface area contributed by atoms with E-state index in [4.69, 9.17) is 9.88 Å². The number of methoxy groups -OCH3 is 1. The summed E-state index contributed by atoms with van der Waals surface area (Å²) in [7, 11) is -2.32. The number of ether oxygens (including phenoxy) is 1. The van der Waals surface area contributed by atoms with E-state index >= 15 is 0 Å². The molecule has 0 aliphatic carbocycles. The molecule has 1 atom stereocenters. The van der Waals surface area contributed by atoms with Crippen molar-refractivity contribution in [3.63, 3.8) is 0 Å². The number of nitrogens with zero attached hydrogens (tertiary/aromatic N) is 1. The van der Waals surface area contributed by atoms with Crippen molar-refractivity contribution >= 4 is 39.3 Å². The number of hydrogen-bond acceptors (Lipinski definition) is 6. The van der Waals surface area contributed by atoms with Gasteiger partial charge in [0, 0.05) is 5.69 Å². The number of nitrogens with one attached hydrogen (secondary N) is 1. The van der Waals surface area contributed by atoms with E-state index < -0.39 is 27.9 Å². The van der Waals surface area contributed by atoms with Gasteiger partial charge in [-0.05, 0) is 60.2 Å². The number of primary sulfonamides is 1. The molecule has 8 nitrogen and oxygen atoms in total. The molecule has 9 heteroatoms. The third-order valence-corrected chi connectivity index (χ3v) is 6.10. The zero-order chi connectivity index (χ0) is 23.6. The first kappa shape index (κ1) is 22.3. The molecule has 33 heavy (non-hydrogen) atoms. The number of nitrogens with two attached hydrogens (primary N) is 1. The molecular formula is C24H21N3O5S. The minimum Gasteiger partial charge on any atom is -0.497 e. The Balaban J connectivity index is 1.72. The van der Waals surface area contributed by atoms with Crippen molar-refractivity contribution < 1.29 is 22.7 Å². The van der Waals surface area contributed by atoms with Crippen molar-refractivity contribution in [2.45, 2.75) is 10.9 Å². The summed E-state index contributed by atoms with van der Waals surface area (Å²) in [6, 6.07) is 20.5. The van der Waals surface area contributed by atoms with E-state index in [2.05, 4.69) is 5.32 Å². The summed E-state index contributed by atoms with van der Waals surface area (Å²) in [4.78, 5) is 27.7. The summed E-state index contributed by atoms with van der Waals surface area (Å²) < 4.78 is 28.2. The summed E-state index contributed by atoms with van der Waals surface area (Å²) in [6.45, 7) is 0. The van der Waals surface area contributed by atoms with Crippen molar-refractivity contribution in [3.8, 4) is 5.75 Å². The van der Waals surface area contributed by atoms with Gasteiger partial charge in [-0.15, -0.1) is 0 Å². The van der Waals surface area contributed by atoms with Crippen LogP contribution in [0.15, 0.2) is 89.3 Å². The average Bonchev–Trinajstić information content (AvgIpc) is 3.03. The van der Waals surface area contributed by atoms with Gasteiger partial charge in [0.05, 0.1) is 23.3 Å². The van der Waals surface area contributed by atoms with Crippen molar-refractivity contribution in [3.05, 3.63) is 90.0 Å². The van der Waals surface area contributed by atoms with E-state index in [1.54, 1.807) is 30.3 Å². The first-order valence-electron chi connectivity index (χ1n) is 9.96. The van der Waals surface area contributed by atoms with Gasteiger partial charge in [-0.2, -0.15) is 0 Å². The van der Waals surface area contributed by atoms with Gasteiger partial charge in [0.15, 0.2) is 0 Å². The number of rotatable bonds is 6. The molecule has 0 spiro atoms. The van der Waals surface area contributed by atoms with Crippen molar-refractivity contribution in [2.75, 3.05) is 17.3 Å². The van der Waals surface area contributed by atoms with Gasteiger partial charge in [0.25, 0.3) is 11.8 Å². The Hall–Kier alpha value is -3.95. The molecule has 0 saturated carbocycles. The minimum atomic E-state index is -3.85. The lowest BCUT2D eigenvalue weighted by Gasteiger charge is -2.16. The quantitative estimate of drug-likeness (QED) is 0.429. The number of imide groups is 1. The van der Waals surface area contributed by atoms with Crippen LogP contribution in [0.4, 0.5) is 11.4 Å². The number of anilines is 2. The maximum Gasteiger partial charge on any atom is 0.263 e. The number of sulfonamides is 1. The summed E-state index contributed by atoms with van der Waals surface area (Å²) in [5.41, 5.74) is 1.90. The Kier molecular flexibility index (Phi) is 5.99. The lowest BCUT2D eigenvalue weighted by molar-refractivity contribution is -0.121. The van der Waals surface area contributed by atoms with Crippen molar-refractivity contribution in [2.24, 2.45) is 5.14 Å². The Morgan fingerprint density at radius 2 is 1.58 bits per heavy atom. The van der Waals surface area contributed by atoms with Crippen LogP contribution in [-0.2, 0) is 19.6 Å². The van der Waals surface area contributed by atoms with Gasteiger partial charge >= 0.3 is 0 Å². The fourth-order valence-electron chi connectivity index (χ4n) is 3.51. The Morgan fingerprint density at radius 3 is 2.15 bits per heavy atom. The predicted molar refractivity (Wildman–Crippen MR) is 125 cm³/mol. The second-order valence-electron chi connectivity index (χ2n) is 7.33. The van der Waals surface area contributed by atoms with E-state index in [1.165, 1.54) is 31.4 Å². The molecule has 0 radical (unpaired) electrons. The number of benzene rings is 3. The van der Waals surface area contributed by atoms with E-state index in [0.717, 1.165) is 10.5 Å². The van der Waals surface area contributed by atoms with E-state index in [-0.39, 0.29) is 10.5 Å². The molecule has 1 aliphatic rings. The average molecular weight is 464 g/mol. The number of carbonyl (C=O) groups excluding carboxylic acids is 2. The predicted octanol–water partition coefficient (Wildman–Crippen LogP) is 2.78. The van der Waals surface area contributed by atoms with Gasteiger partial charge in [-0.3, -0.25) is 9.59 Å². The molecule has 3 N–H and O–H groups in total. The molecule has 1 aliphatic heterocycles. The summed E-state index contributed by atoms with van der Waals surface area (Å²) >= 11 is 0. The van der Waals surface area contributed by atoms with Crippen LogP contribution in [0.5, 0.6) is 5.75 Å². The van der Waals surface area contributed by atoms with Gasteiger partial charge in [-0.25, -0.2) is 18.5 Å². The highest BCUT2D eigenvalue weighted by atomic mass is 32.2. The van der Waals surface area contributed by atoms with Crippen LogP contribution < -0.4 is 20.1 Å². The smallest absolute Gasteiger partial charge is 0.263 e. The highest BCUT2D eigenvalue weighted by molar-refractivity contribution is 7.89. The second-order valence-corrected chi connectivity index (χ2v) is 8.90. The molecule has 2 amide bonds. The number of hydrogen-bond donors (Lipinski definition) is 2. The first-order chi connectivity index (χ1) is 15.8. The Labute approximate surface area is 191 Å². The fraction of sp³-hybridized carbons (Fsp3) is 0.0833. The molecule has 1 fully saturated rings. The second kappa shape index (κ2) is 8.89. The molecule has 4 rings (SSSR count). The summed E-state index contributed by atoms with van der Waals surface area (Å²) in [6.07, 6.45) is 1.67. The highest BCUT2D eigenvalue weighted by Gasteiger charge is 2.44. The Bertz CT molecular complexity index is 1320. The van der Waals surface area contributed by atoms with Crippen LogP contribution in [0.2, 0.25) is 0 Å². The van der Waals surface area contributed by atoms with E-state index in [9.17, 15) is 18.0 Å². The third kappa shape index (κ3) is 4.64. The first-order valence-corrected chi connectivity index (χ1v) is 11.5. The standard InChI is InChI=1S/C24H21N3O5S/c1-32-19-11-9-18(10-12-19)27-23(28)21(15-16-5-3-2-4-6-16)22(24(27)29)26-17-7-13-20(14-8-17)33(25,30)31/h2-15,22,26H,1H3,(H2,25,30,31)/b21-15+. The van der Waals surface area contributed by atoms with Crippen molar-refractivity contribution in [1.82, 2.24) is 0 Å². The molecule has 3 aromatic carbocycles. The SMILES string of the molecule is COc1ccc(N2C(=O)/C(=C/c3ccccc3)C(Nc3ccc(S(N)(=O)=O)cc3)C2=O)cc1. The van der Waals surface area contributed by atoms with Gasteiger partial charge in [-0.1, -0.05) is 30.3 Å². The minimum absolute atomic E-state index is 0.0539. The summed E-state index contributed by atoms with van der Waals surface area (Å²) in [5.74, 6) is -0.307. The van der Waals surface area contributed by atoms with Crippen molar-refractivity contribution in [1.29, 1.82) is 0 Å². The van der Waals surface area contributed by atoms with Crippen LogP contribution in [0.3, 0.4) is 0 Å². The van der Waals surface area contributed by atoms with Crippen LogP contribution in [0.1, 0.15) is 5.56 Å². The van der Waals surface area contributed by atoms with Gasteiger partial charge in [0.2, 0.25) is 10.0 Å². The van der Waals surface area contributed by atoms with Gasteiger partial charge < -0.3 is 10.1 Å². The molecule has 3 aromatic rings. The van der Waals surface area contributed by atoms with Crippen LogP contribution in [0.25, 0.3) is 6.08 Å². The maximum atomic E-state index is 13.4. The molecule has 0 bridgehead atoms. The normalized spacial score (nSPS) is 17.5. The van der Waals surface area contributed by atoms with E-state index in [1.807, 2.05) is 30.3 Å². The monoisotopic (exact) mass is 463 g/mol. The molecule has 168 valence electrons. The van der Waals surface area contributed by atoms with Crippen LogP contribution in [0, 0.1) is 0 Å². The van der Waals surface area contributed by atoms with Crippen LogP contribution in [-0.4, -0.2) is 33.4 Å². The maximum absolute atomic E-state index is 13.4. The summed E-state index contributed by atoms with van der Waals surface area (Å²) in [5, 5.41) is 8.20. The molecule has 1 unspecified atom stereocenters. The highest BCUT2D eigenvalue weighted by Crippen LogP contribution is 2.31. The lowest BCUT2D eigenvalue weighted by atomic mass is 10.1. The topological polar surface area (TPSA) is 119 Å². The zero-order valence-electron chi connectivity index (χ0n) is 17.6. The number of carbonyl (C=O) groups is 2. The fourth-order valence-corrected chi connectivity index (χ4v) is 4.03. The molecule has 1 heterocycles.